The van der Waals surface area contributed by atoms with Crippen molar-refractivity contribution in [3.63, 3.8) is 0 Å². The van der Waals surface area contributed by atoms with Crippen LogP contribution in [0, 0.1) is 0 Å². The molecular formula is C16H18N2O2. The van der Waals surface area contributed by atoms with Crippen molar-refractivity contribution >= 4 is 5.69 Å². The summed E-state index contributed by atoms with van der Waals surface area (Å²) in [5.74, 6) is 0.323. The zero-order valence-electron chi connectivity index (χ0n) is 11.5. The molecule has 0 radical (unpaired) electrons. The molecule has 4 heteroatoms. The predicted molar refractivity (Wildman–Crippen MR) is 79.2 cm³/mol. The summed E-state index contributed by atoms with van der Waals surface area (Å²) in [5.41, 5.74) is 3.41. The molecule has 0 aliphatic heterocycles. The lowest BCUT2D eigenvalue weighted by Gasteiger charge is -2.16. The van der Waals surface area contributed by atoms with Gasteiger partial charge >= 0.3 is 0 Å². The average molecular weight is 270 g/mol. The number of nitrogens with zero attached hydrogens (tertiary/aromatic N) is 1. The van der Waals surface area contributed by atoms with Crippen LogP contribution >= 0.6 is 0 Å². The van der Waals surface area contributed by atoms with E-state index in [4.69, 9.17) is 0 Å². The summed E-state index contributed by atoms with van der Waals surface area (Å²) in [6, 6.07) is 9.21. The quantitative estimate of drug-likeness (QED) is 0.901. The first-order chi connectivity index (χ1) is 9.67. The fourth-order valence-electron chi connectivity index (χ4n) is 2.82. The molecule has 1 heterocycles. The number of pyridine rings is 1. The van der Waals surface area contributed by atoms with Gasteiger partial charge in [-0.3, -0.25) is 4.79 Å². The second kappa shape index (κ2) is 5.04. The van der Waals surface area contributed by atoms with Gasteiger partial charge in [-0.05, 0) is 49.1 Å². The third kappa shape index (κ3) is 2.29. The van der Waals surface area contributed by atoms with Gasteiger partial charge in [0.2, 0.25) is 0 Å². The molecule has 3 rings (SSSR count). The maximum Gasteiger partial charge on any atom is 0.250 e. The van der Waals surface area contributed by atoms with Crippen molar-refractivity contribution in [3.8, 4) is 5.75 Å². The van der Waals surface area contributed by atoms with Gasteiger partial charge in [0.1, 0.15) is 5.75 Å². The summed E-state index contributed by atoms with van der Waals surface area (Å²) in [6.07, 6.45) is 3.83. The molecule has 2 aromatic rings. The summed E-state index contributed by atoms with van der Waals surface area (Å²) in [4.78, 5) is 11.6. The van der Waals surface area contributed by atoms with E-state index < -0.39 is 0 Å². The van der Waals surface area contributed by atoms with Crippen molar-refractivity contribution < 1.29 is 5.11 Å². The first-order valence-electron chi connectivity index (χ1n) is 6.96. The highest BCUT2D eigenvalue weighted by molar-refractivity contribution is 5.48. The van der Waals surface area contributed by atoms with Crippen LogP contribution < -0.4 is 10.9 Å². The number of aryl methyl sites for hydroxylation is 2. The number of hydrogen-bond acceptors (Lipinski definition) is 3. The van der Waals surface area contributed by atoms with Crippen LogP contribution in [0.25, 0.3) is 0 Å². The Labute approximate surface area is 117 Å². The predicted octanol–water partition coefficient (Wildman–Crippen LogP) is 2.67. The monoisotopic (exact) mass is 270 g/mol. The SMILES string of the molecule is CCn1cc(NC2CCc3cc(O)ccc32)ccc1=O. The van der Waals surface area contributed by atoms with E-state index in [-0.39, 0.29) is 11.6 Å². The molecule has 0 saturated carbocycles. The molecule has 1 aromatic heterocycles. The van der Waals surface area contributed by atoms with Gasteiger partial charge in [0.25, 0.3) is 5.56 Å². The van der Waals surface area contributed by atoms with Crippen LogP contribution in [-0.4, -0.2) is 9.67 Å². The van der Waals surface area contributed by atoms with Crippen LogP contribution in [0.1, 0.15) is 30.5 Å². The Morgan fingerprint density at radius 3 is 3.00 bits per heavy atom. The topological polar surface area (TPSA) is 54.3 Å². The third-order valence-electron chi connectivity index (χ3n) is 3.87. The second-order valence-electron chi connectivity index (χ2n) is 5.16. The van der Waals surface area contributed by atoms with E-state index in [1.54, 1.807) is 16.7 Å². The highest BCUT2D eigenvalue weighted by atomic mass is 16.3. The maximum absolute atomic E-state index is 11.6. The van der Waals surface area contributed by atoms with E-state index >= 15 is 0 Å². The molecule has 0 saturated heterocycles. The Morgan fingerprint density at radius 1 is 1.35 bits per heavy atom. The van der Waals surface area contributed by atoms with Crippen LogP contribution in [0.4, 0.5) is 5.69 Å². The molecule has 1 aliphatic rings. The number of anilines is 1. The molecule has 20 heavy (non-hydrogen) atoms. The Balaban J connectivity index is 1.85. The number of fused-ring (bicyclic) bond motifs is 1. The molecule has 0 spiro atoms. The van der Waals surface area contributed by atoms with Crippen molar-refractivity contribution in [3.05, 3.63) is 58.0 Å². The van der Waals surface area contributed by atoms with Gasteiger partial charge in [-0.15, -0.1) is 0 Å². The maximum atomic E-state index is 11.6. The average Bonchev–Trinajstić information content (AvgIpc) is 2.83. The summed E-state index contributed by atoms with van der Waals surface area (Å²) >= 11 is 0. The lowest BCUT2D eigenvalue weighted by molar-refractivity contribution is 0.474. The molecule has 0 bridgehead atoms. The molecule has 104 valence electrons. The Bertz CT molecular complexity index is 691. The molecular weight excluding hydrogens is 252 g/mol. The van der Waals surface area contributed by atoms with E-state index in [0.29, 0.717) is 12.3 Å². The molecule has 0 fully saturated rings. The van der Waals surface area contributed by atoms with Gasteiger partial charge in [-0.2, -0.15) is 0 Å². The van der Waals surface area contributed by atoms with Gasteiger partial charge < -0.3 is 15.0 Å². The van der Waals surface area contributed by atoms with Crippen LogP contribution in [0.2, 0.25) is 0 Å². The van der Waals surface area contributed by atoms with Gasteiger partial charge in [0.05, 0.1) is 11.7 Å². The van der Waals surface area contributed by atoms with Crippen molar-refractivity contribution in [2.75, 3.05) is 5.32 Å². The zero-order chi connectivity index (χ0) is 14.1. The number of nitrogens with one attached hydrogen (secondary N) is 1. The number of hydrogen-bond donors (Lipinski definition) is 2. The largest absolute Gasteiger partial charge is 0.508 e. The van der Waals surface area contributed by atoms with Crippen molar-refractivity contribution in [1.82, 2.24) is 4.57 Å². The Kier molecular flexibility index (Phi) is 3.22. The molecule has 1 aliphatic carbocycles. The minimum absolute atomic E-state index is 0.0230. The highest BCUT2D eigenvalue weighted by Crippen LogP contribution is 2.35. The third-order valence-corrected chi connectivity index (χ3v) is 3.87. The Morgan fingerprint density at radius 2 is 2.20 bits per heavy atom. The lowest BCUT2D eigenvalue weighted by atomic mass is 10.1. The second-order valence-corrected chi connectivity index (χ2v) is 5.16. The highest BCUT2D eigenvalue weighted by Gasteiger charge is 2.22. The number of rotatable bonds is 3. The van der Waals surface area contributed by atoms with Crippen LogP contribution in [-0.2, 0) is 13.0 Å². The number of phenols is 1. The van der Waals surface area contributed by atoms with Crippen LogP contribution in [0.15, 0.2) is 41.3 Å². The number of aromatic nitrogens is 1. The molecule has 1 atom stereocenters. The Hall–Kier alpha value is -2.23. The summed E-state index contributed by atoms with van der Waals surface area (Å²) in [5, 5.41) is 13.0. The van der Waals surface area contributed by atoms with Gasteiger partial charge in [-0.1, -0.05) is 6.07 Å². The molecule has 2 N–H and O–H groups in total. The van der Waals surface area contributed by atoms with Gasteiger partial charge in [-0.25, -0.2) is 0 Å². The minimum Gasteiger partial charge on any atom is -0.508 e. The van der Waals surface area contributed by atoms with Crippen molar-refractivity contribution in [2.45, 2.75) is 32.4 Å². The fourth-order valence-corrected chi connectivity index (χ4v) is 2.82. The van der Waals surface area contributed by atoms with Crippen molar-refractivity contribution in [2.24, 2.45) is 0 Å². The molecule has 1 aromatic carbocycles. The fraction of sp³-hybridized carbons (Fsp3) is 0.312. The first-order valence-corrected chi connectivity index (χ1v) is 6.96. The molecule has 1 unspecified atom stereocenters. The first kappa shape index (κ1) is 12.8. The number of benzene rings is 1. The summed E-state index contributed by atoms with van der Waals surface area (Å²) < 4.78 is 1.69. The number of aromatic hydroxyl groups is 1. The van der Waals surface area contributed by atoms with E-state index in [0.717, 1.165) is 18.5 Å². The van der Waals surface area contributed by atoms with E-state index in [1.807, 2.05) is 31.3 Å². The lowest BCUT2D eigenvalue weighted by Crippen LogP contribution is -2.18. The van der Waals surface area contributed by atoms with Crippen molar-refractivity contribution in [1.29, 1.82) is 0 Å². The molecule has 4 nitrogen and oxygen atoms in total. The standard InChI is InChI=1S/C16H18N2O2/c1-2-18-10-12(4-8-16(18)20)17-15-7-3-11-9-13(19)5-6-14(11)15/h4-6,8-10,15,17,19H,2-3,7H2,1H3. The smallest absolute Gasteiger partial charge is 0.250 e. The summed E-state index contributed by atoms with van der Waals surface area (Å²) in [6.45, 7) is 2.63. The summed E-state index contributed by atoms with van der Waals surface area (Å²) in [7, 11) is 0. The molecule has 0 amide bonds. The minimum atomic E-state index is 0.0230. The van der Waals surface area contributed by atoms with Crippen LogP contribution in [0.5, 0.6) is 5.75 Å². The van der Waals surface area contributed by atoms with Gasteiger partial charge in [0, 0.05) is 18.8 Å². The van der Waals surface area contributed by atoms with E-state index in [2.05, 4.69) is 5.32 Å². The van der Waals surface area contributed by atoms with Crippen LogP contribution in [0.3, 0.4) is 0 Å². The van der Waals surface area contributed by atoms with E-state index in [9.17, 15) is 9.90 Å². The van der Waals surface area contributed by atoms with E-state index in [1.165, 1.54) is 11.1 Å². The zero-order valence-corrected chi connectivity index (χ0v) is 11.5. The van der Waals surface area contributed by atoms with Gasteiger partial charge in [0.15, 0.2) is 0 Å². The number of phenolic OH excluding ortho intramolecular Hbond substituents is 1. The normalized spacial score (nSPS) is 16.9.